The maximum absolute atomic E-state index is 12.1. The van der Waals surface area contributed by atoms with E-state index in [0.717, 1.165) is 16.8 Å². The molecule has 1 amide bonds. The van der Waals surface area contributed by atoms with E-state index < -0.39 is 0 Å². The molecule has 2 aromatic carbocycles. The number of amides is 1. The van der Waals surface area contributed by atoms with Crippen molar-refractivity contribution in [3.8, 4) is 0 Å². The normalized spacial score (nSPS) is 14.6. The highest BCUT2D eigenvalue weighted by molar-refractivity contribution is 5.83. The van der Waals surface area contributed by atoms with Gasteiger partial charge >= 0.3 is 6.09 Å². The molecule has 0 aliphatic carbocycles. The first-order valence-corrected chi connectivity index (χ1v) is 8.09. The van der Waals surface area contributed by atoms with Crippen LogP contribution in [0.5, 0.6) is 0 Å². The predicted octanol–water partition coefficient (Wildman–Crippen LogP) is 3.31. The number of hydrogen-bond donors (Lipinski definition) is 0. The number of nitrogens with zero attached hydrogens (tertiary/aromatic N) is 3. The standard InChI is InChI=1S/C19H19N3O2/c1-21-17-10-6-5-9-16(17)18(20-21)15-11-22(12-15)19(23)24-13-14-7-3-2-4-8-14/h2-10,15H,11-13H2,1H3. The van der Waals surface area contributed by atoms with Gasteiger partial charge < -0.3 is 9.64 Å². The molecule has 1 aliphatic heterocycles. The number of carbonyl (C=O) groups is 1. The zero-order chi connectivity index (χ0) is 16.5. The minimum atomic E-state index is -0.254. The third kappa shape index (κ3) is 2.62. The molecule has 4 rings (SSSR count). The number of rotatable bonds is 3. The lowest BCUT2D eigenvalue weighted by Gasteiger charge is -2.37. The fourth-order valence-electron chi connectivity index (χ4n) is 3.15. The number of aromatic nitrogens is 2. The van der Waals surface area contributed by atoms with Gasteiger partial charge in [0.2, 0.25) is 0 Å². The van der Waals surface area contributed by atoms with Crippen LogP contribution in [0.3, 0.4) is 0 Å². The van der Waals surface area contributed by atoms with E-state index >= 15 is 0 Å². The lowest BCUT2D eigenvalue weighted by molar-refractivity contribution is 0.0658. The molecule has 3 aromatic rings. The fraction of sp³-hybridized carbons (Fsp3) is 0.263. The van der Waals surface area contributed by atoms with Crippen LogP contribution in [0.2, 0.25) is 0 Å². The van der Waals surface area contributed by atoms with E-state index in [1.54, 1.807) is 4.90 Å². The summed E-state index contributed by atoms with van der Waals surface area (Å²) in [6, 6.07) is 17.9. The molecule has 5 heteroatoms. The van der Waals surface area contributed by atoms with Crippen molar-refractivity contribution < 1.29 is 9.53 Å². The Kier molecular flexibility index (Phi) is 3.69. The van der Waals surface area contributed by atoms with Gasteiger partial charge in [-0.3, -0.25) is 4.68 Å². The summed E-state index contributed by atoms with van der Waals surface area (Å²) in [7, 11) is 1.95. The fourth-order valence-corrected chi connectivity index (χ4v) is 3.15. The van der Waals surface area contributed by atoms with E-state index in [9.17, 15) is 4.79 Å². The molecule has 0 bridgehead atoms. The van der Waals surface area contributed by atoms with Crippen molar-refractivity contribution >= 4 is 17.0 Å². The number of ether oxygens (including phenoxy) is 1. The quantitative estimate of drug-likeness (QED) is 0.743. The number of para-hydroxylation sites is 1. The molecule has 0 radical (unpaired) electrons. The first-order chi connectivity index (χ1) is 11.7. The molecule has 1 aromatic heterocycles. The zero-order valence-corrected chi connectivity index (χ0v) is 13.6. The van der Waals surface area contributed by atoms with Crippen LogP contribution in [0.15, 0.2) is 54.6 Å². The Morgan fingerprint density at radius 2 is 1.83 bits per heavy atom. The predicted molar refractivity (Wildman–Crippen MR) is 91.7 cm³/mol. The highest BCUT2D eigenvalue weighted by Crippen LogP contribution is 2.31. The molecule has 1 fully saturated rings. The highest BCUT2D eigenvalue weighted by Gasteiger charge is 2.35. The first-order valence-electron chi connectivity index (χ1n) is 8.09. The maximum atomic E-state index is 12.1. The van der Waals surface area contributed by atoms with Crippen molar-refractivity contribution in [2.45, 2.75) is 12.5 Å². The van der Waals surface area contributed by atoms with Gasteiger partial charge in [-0.1, -0.05) is 48.5 Å². The summed E-state index contributed by atoms with van der Waals surface area (Å²) in [6.07, 6.45) is -0.254. The Morgan fingerprint density at radius 3 is 2.62 bits per heavy atom. The smallest absolute Gasteiger partial charge is 0.410 e. The molecule has 1 saturated heterocycles. The van der Waals surface area contributed by atoms with Crippen LogP contribution in [0.4, 0.5) is 4.79 Å². The Balaban J connectivity index is 1.38. The monoisotopic (exact) mass is 321 g/mol. The average Bonchev–Trinajstić information content (AvgIpc) is 2.90. The van der Waals surface area contributed by atoms with E-state index in [1.807, 2.05) is 54.2 Å². The molecule has 0 spiro atoms. The number of carbonyl (C=O) groups excluding carboxylic acids is 1. The topological polar surface area (TPSA) is 47.4 Å². The van der Waals surface area contributed by atoms with Gasteiger partial charge in [0.15, 0.2) is 0 Å². The minimum absolute atomic E-state index is 0.254. The Bertz CT molecular complexity index is 867. The Morgan fingerprint density at radius 1 is 1.12 bits per heavy atom. The van der Waals surface area contributed by atoms with Crippen molar-refractivity contribution in [2.24, 2.45) is 7.05 Å². The number of benzene rings is 2. The van der Waals surface area contributed by atoms with Crippen molar-refractivity contribution in [3.63, 3.8) is 0 Å². The second-order valence-corrected chi connectivity index (χ2v) is 6.17. The van der Waals surface area contributed by atoms with Gasteiger partial charge in [0, 0.05) is 31.4 Å². The van der Waals surface area contributed by atoms with Crippen molar-refractivity contribution in [2.75, 3.05) is 13.1 Å². The number of fused-ring (bicyclic) bond motifs is 1. The summed E-state index contributed by atoms with van der Waals surface area (Å²) in [5, 5.41) is 5.81. The summed E-state index contributed by atoms with van der Waals surface area (Å²) < 4.78 is 7.27. The van der Waals surface area contributed by atoms with Crippen LogP contribution in [0.25, 0.3) is 10.9 Å². The Hall–Kier alpha value is -2.82. The van der Waals surface area contributed by atoms with Crippen molar-refractivity contribution in [1.29, 1.82) is 0 Å². The molecule has 0 saturated carbocycles. The van der Waals surface area contributed by atoms with Crippen molar-refractivity contribution in [1.82, 2.24) is 14.7 Å². The molecule has 24 heavy (non-hydrogen) atoms. The van der Waals surface area contributed by atoms with E-state index in [-0.39, 0.29) is 12.0 Å². The number of aryl methyl sites for hydroxylation is 1. The summed E-state index contributed by atoms with van der Waals surface area (Å²) >= 11 is 0. The Labute approximate surface area is 140 Å². The summed E-state index contributed by atoms with van der Waals surface area (Å²) in [4.78, 5) is 13.9. The molecule has 0 atom stereocenters. The van der Waals surface area contributed by atoms with E-state index in [1.165, 1.54) is 5.39 Å². The molecule has 1 aliphatic rings. The minimum Gasteiger partial charge on any atom is -0.445 e. The van der Waals surface area contributed by atoms with Crippen LogP contribution in [0.1, 0.15) is 17.2 Å². The lowest BCUT2D eigenvalue weighted by Crippen LogP contribution is -2.48. The largest absolute Gasteiger partial charge is 0.445 e. The van der Waals surface area contributed by atoms with Gasteiger partial charge in [0.25, 0.3) is 0 Å². The lowest BCUT2D eigenvalue weighted by atomic mass is 9.94. The third-order valence-corrected chi connectivity index (χ3v) is 4.52. The van der Waals surface area contributed by atoms with Gasteiger partial charge in [0.05, 0.1) is 11.2 Å². The molecule has 0 unspecified atom stereocenters. The third-order valence-electron chi connectivity index (χ3n) is 4.52. The summed E-state index contributed by atoms with van der Waals surface area (Å²) in [6.45, 7) is 1.64. The van der Waals surface area contributed by atoms with Crippen LogP contribution >= 0.6 is 0 Å². The average molecular weight is 321 g/mol. The number of likely N-dealkylation sites (tertiary alicyclic amines) is 1. The highest BCUT2D eigenvalue weighted by atomic mass is 16.6. The SMILES string of the molecule is Cn1nc(C2CN(C(=O)OCc3ccccc3)C2)c2ccccc21. The molecular formula is C19H19N3O2. The first kappa shape index (κ1) is 14.8. The van der Waals surface area contributed by atoms with E-state index in [0.29, 0.717) is 19.7 Å². The van der Waals surface area contributed by atoms with Crippen LogP contribution in [0, 0.1) is 0 Å². The molecule has 122 valence electrons. The molecule has 5 nitrogen and oxygen atoms in total. The molecular weight excluding hydrogens is 302 g/mol. The van der Waals surface area contributed by atoms with Gasteiger partial charge in [0.1, 0.15) is 6.61 Å². The van der Waals surface area contributed by atoms with Crippen LogP contribution in [-0.2, 0) is 18.4 Å². The van der Waals surface area contributed by atoms with Gasteiger partial charge in [-0.25, -0.2) is 4.79 Å². The van der Waals surface area contributed by atoms with Crippen molar-refractivity contribution in [3.05, 3.63) is 65.9 Å². The summed E-state index contributed by atoms with van der Waals surface area (Å²) in [5.74, 6) is 0.278. The van der Waals surface area contributed by atoms with Gasteiger partial charge in [-0.2, -0.15) is 5.10 Å². The van der Waals surface area contributed by atoms with E-state index in [4.69, 9.17) is 4.74 Å². The summed E-state index contributed by atoms with van der Waals surface area (Å²) in [5.41, 5.74) is 3.19. The van der Waals surface area contributed by atoms with Crippen LogP contribution in [-0.4, -0.2) is 33.9 Å². The van der Waals surface area contributed by atoms with Gasteiger partial charge in [-0.05, 0) is 11.6 Å². The molecule has 0 N–H and O–H groups in total. The maximum Gasteiger partial charge on any atom is 0.410 e. The zero-order valence-electron chi connectivity index (χ0n) is 13.6. The number of hydrogen-bond acceptors (Lipinski definition) is 3. The van der Waals surface area contributed by atoms with Crippen LogP contribution < -0.4 is 0 Å². The van der Waals surface area contributed by atoms with E-state index in [2.05, 4.69) is 17.2 Å². The van der Waals surface area contributed by atoms with Gasteiger partial charge in [-0.15, -0.1) is 0 Å². The second kappa shape index (κ2) is 6.00. The second-order valence-electron chi connectivity index (χ2n) is 6.17. The molecule has 2 heterocycles.